The van der Waals surface area contributed by atoms with Crippen molar-refractivity contribution < 1.29 is 13.9 Å². The molecular formula is C20H20N4O3. The number of amides is 1. The van der Waals surface area contributed by atoms with E-state index in [0.717, 1.165) is 17.0 Å². The molecule has 1 aromatic heterocycles. The summed E-state index contributed by atoms with van der Waals surface area (Å²) in [6.07, 6.45) is 1.46. The molecule has 0 spiro atoms. The third-order valence-corrected chi connectivity index (χ3v) is 3.75. The van der Waals surface area contributed by atoms with Crippen LogP contribution in [-0.4, -0.2) is 19.0 Å². The fraction of sp³-hybridized carbons (Fsp3) is 0.100. The van der Waals surface area contributed by atoms with Crippen molar-refractivity contribution in [3.8, 4) is 5.75 Å². The number of hydrogen-bond donors (Lipinski definition) is 3. The van der Waals surface area contributed by atoms with Gasteiger partial charge in [-0.1, -0.05) is 12.1 Å². The molecule has 0 bridgehead atoms. The lowest BCUT2D eigenvalue weighted by molar-refractivity contribution is 0.0996. The molecule has 0 atom stereocenters. The van der Waals surface area contributed by atoms with Gasteiger partial charge in [-0.25, -0.2) is 4.99 Å². The molecule has 1 amide bonds. The second kappa shape index (κ2) is 8.57. The second-order valence-electron chi connectivity index (χ2n) is 5.68. The van der Waals surface area contributed by atoms with Crippen molar-refractivity contribution in [2.45, 2.75) is 6.54 Å². The number of rotatable bonds is 6. The maximum Gasteiger partial charge on any atom is 0.291 e. The van der Waals surface area contributed by atoms with Gasteiger partial charge in [-0.2, -0.15) is 0 Å². The molecule has 2 aromatic carbocycles. The SMILES string of the molecule is COc1ccc(NC(N)=NCc2ccc(NC(=O)c3ccco3)cc2)cc1. The Morgan fingerprint density at radius 2 is 1.70 bits per heavy atom. The van der Waals surface area contributed by atoms with Gasteiger partial charge in [-0.15, -0.1) is 0 Å². The third-order valence-electron chi connectivity index (χ3n) is 3.75. The minimum absolute atomic E-state index is 0.265. The van der Waals surface area contributed by atoms with Gasteiger partial charge in [-0.3, -0.25) is 4.79 Å². The van der Waals surface area contributed by atoms with Crippen LogP contribution in [0.15, 0.2) is 76.3 Å². The first-order chi connectivity index (χ1) is 13.1. The van der Waals surface area contributed by atoms with E-state index in [4.69, 9.17) is 14.9 Å². The van der Waals surface area contributed by atoms with Crippen LogP contribution in [-0.2, 0) is 6.54 Å². The molecule has 0 aliphatic heterocycles. The van der Waals surface area contributed by atoms with E-state index in [1.807, 2.05) is 36.4 Å². The van der Waals surface area contributed by atoms with Crippen molar-refractivity contribution in [1.29, 1.82) is 0 Å². The lowest BCUT2D eigenvalue weighted by atomic mass is 10.2. The first kappa shape index (κ1) is 18.1. The average molecular weight is 364 g/mol. The van der Waals surface area contributed by atoms with Crippen LogP contribution in [0.2, 0.25) is 0 Å². The van der Waals surface area contributed by atoms with Crippen molar-refractivity contribution in [1.82, 2.24) is 0 Å². The van der Waals surface area contributed by atoms with Crippen LogP contribution < -0.4 is 21.1 Å². The molecule has 7 heteroatoms. The van der Waals surface area contributed by atoms with Crippen LogP contribution in [0.3, 0.4) is 0 Å². The Morgan fingerprint density at radius 1 is 1.04 bits per heavy atom. The fourth-order valence-corrected chi connectivity index (χ4v) is 2.33. The standard InChI is InChI=1S/C20H20N4O3/c1-26-17-10-8-16(9-11-17)24-20(21)22-13-14-4-6-15(7-5-14)23-19(25)18-3-2-12-27-18/h2-12H,13H2,1H3,(H,23,25)(H3,21,22,24). The minimum atomic E-state index is -0.293. The number of guanidine groups is 1. The Bertz CT molecular complexity index is 901. The van der Waals surface area contributed by atoms with E-state index in [-0.39, 0.29) is 11.7 Å². The Labute approximate surface area is 156 Å². The minimum Gasteiger partial charge on any atom is -0.497 e. The molecule has 138 valence electrons. The predicted octanol–water partition coefficient (Wildman–Crippen LogP) is 3.47. The number of aliphatic imine (C=N–C) groups is 1. The second-order valence-corrected chi connectivity index (χ2v) is 5.68. The van der Waals surface area contributed by atoms with E-state index in [0.29, 0.717) is 18.2 Å². The number of nitrogens with one attached hydrogen (secondary N) is 2. The van der Waals surface area contributed by atoms with E-state index >= 15 is 0 Å². The normalized spacial score (nSPS) is 11.1. The van der Waals surface area contributed by atoms with Crippen molar-refractivity contribution in [2.75, 3.05) is 17.7 Å². The van der Waals surface area contributed by atoms with Gasteiger partial charge in [0.1, 0.15) is 5.75 Å². The van der Waals surface area contributed by atoms with Gasteiger partial charge in [0.05, 0.1) is 19.9 Å². The van der Waals surface area contributed by atoms with Crippen molar-refractivity contribution in [3.63, 3.8) is 0 Å². The molecule has 0 unspecified atom stereocenters. The molecule has 3 aromatic rings. The fourth-order valence-electron chi connectivity index (χ4n) is 2.33. The zero-order chi connectivity index (χ0) is 19.1. The van der Waals surface area contributed by atoms with Crippen molar-refractivity contribution >= 4 is 23.2 Å². The molecule has 0 aliphatic carbocycles. The monoisotopic (exact) mass is 364 g/mol. The number of nitrogens with zero attached hydrogens (tertiary/aromatic N) is 1. The predicted molar refractivity (Wildman–Crippen MR) is 105 cm³/mol. The number of anilines is 2. The van der Waals surface area contributed by atoms with Crippen LogP contribution in [0.25, 0.3) is 0 Å². The van der Waals surface area contributed by atoms with Gasteiger partial charge in [-0.05, 0) is 54.1 Å². The number of carbonyl (C=O) groups excluding carboxylic acids is 1. The van der Waals surface area contributed by atoms with E-state index in [1.165, 1.54) is 6.26 Å². The largest absolute Gasteiger partial charge is 0.497 e. The summed E-state index contributed by atoms with van der Waals surface area (Å²) in [6.45, 7) is 0.418. The smallest absolute Gasteiger partial charge is 0.291 e. The highest BCUT2D eigenvalue weighted by Crippen LogP contribution is 2.15. The summed E-state index contributed by atoms with van der Waals surface area (Å²) in [6, 6.07) is 18.0. The van der Waals surface area contributed by atoms with Gasteiger partial charge in [0.2, 0.25) is 0 Å². The van der Waals surface area contributed by atoms with Crippen LogP contribution >= 0.6 is 0 Å². The van der Waals surface area contributed by atoms with Gasteiger partial charge in [0, 0.05) is 11.4 Å². The van der Waals surface area contributed by atoms with Gasteiger partial charge >= 0.3 is 0 Å². The molecule has 1 heterocycles. The van der Waals surface area contributed by atoms with E-state index < -0.39 is 0 Å². The number of nitrogens with two attached hydrogens (primary N) is 1. The Hall–Kier alpha value is -3.74. The van der Waals surface area contributed by atoms with Gasteiger partial charge < -0.3 is 25.5 Å². The summed E-state index contributed by atoms with van der Waals surface area (Å²) >= 11 is 0. The summed E-state index contributed by atoms with van der Waals surface area (Å²) < 4.78 is 10.2. The molecule has 7 nitrogen and oxygen atoms in total. The number of ether oxygens (including phenoxy) is 1. The highest BCUT2D eigenvalue weighted by atomic mass is 16.5. The highest BCUT2D eigenvalue weighted by Gasteiger charge is 2.08. The number of hydrogen-bond acceptors (Lipinski definition) is 4. The summed E-state index contributed by atoms with van der Waals surface area (Å²) in [7, 11) is 1.62. The van der Waals surface area contributed by atoms with Crippen LogP contribution in [0.1, 0.15) is 16.1 Å². The Balaban J connectivity index is 1.54. The summed E-state index contributed by atoms with van der Waals surface area (Å²) in [5.74, 6) is 1.06. The average Bonchev–Trinajstić information content (AvgIpc) is 3.23. The molecule has 4 N–H and O–H groups in total. The quantitative estimate of drug-likeness (QED) is 0.459. The third kappa shape index (κ3) is 5.12. The summed E-state index contributed by atoms with van der Waals surface area (Å²) in [5.41, 5.74) is 8.38. The van der Waals surface area contributed by atoms with Crippen LogP contribution in [0.4, 0.5) is 11.4 Å². The van der Waals surface area contributed by atoms with Crippen LogP contribution in [0.5, 0.6) is 5.75 Å². The number of carbonyl (C=O) groups is 1. The van der Waals surface area contributed by atoms with Crippen LogP contribution in [0, 0.1) is 0 Å². The Morgan fingerprint density at radius 3 is 2.33 bits per heavy atom. The zero-order valence-electron chi connectivity index (χ0n) is 14.8. The Kier molecular flexibility index (Phi) is 5.73. The summed E-state index contributed by atoms with van der Waals surface area (Å²) in [4.78, 5) is 16.2. The topological polar surface area (TPSA) is 102 Å². The number of furan rings is 1. The molecule has 0 saturated heterocycles. The molecule has 0 aliphatic rings. The first-order valence-corrected chi connectivity index (χ1v) is 8.29. The van der Waals surface area contributed by atoms with Crippen molar-refractivity contribution in [2.24, 2.45) is 10.7 Å². The maximum absolute atomic E-state index is 11.9. The van der Waals surface area contributed by atoms with Gasteiger partial charge in [0.25, 0.3) is 5.91 Å². The number of methoxy groups -OCH3 is 1. The highest BCUT2D eigenvalue weighted by molar-refractivity contribution is 6.02. The lowest BCUT2D eigenvalue weighted by Crippen LogP contribution is -2.22. The first-order valence-electron chi connectivity index (χ1n) is 8.29. The van der Waals surface area contributed by atoms with Crippen molar-refractivity contribution in [3.05, 3.63) is 78.3 Å². The lowest BCUT2D eigenvalue weighted by Gasteiger charge is -2.07. The van der Waals surface area contributed by atoms with Gasteiger partial charge in [0.15, 0.2) is 11.7 Å². The molecule has 27 heavy (non-hydrogen) atoms. The van der Waals surface area contributed by atoms with E-state index in [1.54, 1.807) is 31.4 Å². The molecule has 0 fully saturated rings. The van der Waals surface area contributed by atoms with E-state index in [9.17, 15) is 4.79 Å². The zero-order valence-corrected chi connectivity index (χ0v) is 14.8. The molecule has 0 radical (unpaired) electrons. The molecule has 0 saturated carbocycles. The number of benzene rings is 2. The molecule has 3 rings (SSSR count). The summed E-state index contributed by atoms with van der Waals surface area (Å²) in [5, 5.41) is 5.78. The molecular weight excluding hydrogens is 344 g/mol. The maximum atomic E-state index is 11.9. The van der Waals surface area contributed by atoms with E-state index in [2.05, 4.69) is 15.6 Å².